The van der Waals surface area contributed by atoms with Crippen molar-refractivity contribution in [3.63, 3.8) is 0 Å². The number of hydrogen-bond donors (Lipinski definition) is 1. The van der Waals surface area contributed by atoms with Crippen molar-refractivity contribution in [3.8, 4) is 0 Å². The molecule has 27 heavy (non-hydrogen) atoms. The highest BCUT2D eigenvalue weighted by molar-refractivity contribution is 5.85. The number of rotatable bonds is 6. The fraction of sp³-hybridized carbons (Fsp3) is 0.667. The van der Waals surface area contributed by atoms with Gasteiger partial charge in [0, 0.05) is 32.2 Å². The van der Waals surface area contributed by atoms with Crippen molar-refractivity contribution in [1.82, 2.24) is 10.2 Å². The highest BCUT2D eigenvalue weighted by atomic mass is 35.5. The van der Waals surface area contributed by atoms with Crippen molar-refractivity contribution in [2.24, 2.45) is 0 Å². The van der Waals surface area contributed by atoms with Crippen LogP contribution in [0.2, 0.25) is 0 Å². The molecule has 2 nitrogen and oxygen atoms in total. The van der Waals surface area contributed by atoms with E-state index in [2.05, 4.69) is 5.32 Å². The molecule has 1 fully saturated rings. The summed E-state index contributed by atoms with van der Waals surface area (Å²) >= 11 is 0. The number of halogens is 7. The lowest BCUT2D eigenvalue weighted by Crippen LogP contribution is -2.45. The monoisotopic (exact) mass is 418 g/mol. The molecule has 9 heteroatoms. The van der Waals surface area contributed by atoms with Crippen molar-refractivity contribution in [2.45, 2.75) is 51.0 Å². The van der Waals surface area contributed by atoms with Crippen molar-refractivity contribution in [3.05, 3.63) is 34.9 Å². The lowest BCUT2D eigenvalue weighted by atomic mass is 9.94. The second-order valence-corrected chi connectivity index (χ2v) is 6.64. The van der Waals surface area contributed by atoms with Gasteiger partial charge in [-0.05, 0) is 30.2 Å². The molecule has 2 rings (SSSR count). The van der Waals surface area contributed by atoms with E-state index < -0.39 is 29.5 Å². The van der Waals surface area contributed by atoms with Gasteiger partial charge in [0.25, 0.3) is 0 Å². The highest BCUT2D eigenvalue weighted by Crippen LogP contribution is 2.39. The molecule has 156 valence electrons. The summed E-state index contributed by atoms with van der Waals surface area (Å²) in [5, 5.41) is 3.16. The van der Waals surface area contributed by atoms with Gasteiger partial charge in [0.15, 0.2) is 0 Å². The van der Waals surface area contributed by atoms with Gasteiger partial charge < -0.3 is 5.32 Å². The summed E-state index contributed by atoms with van der Waals surface area (Å²) in [5.74, 6) is 0. The van der Waals surface area contributed by atoms with Gasteiger partial charge in [0.05, 0.1) is 11.1 Å². The van der Waals surface area contributed by atoms with E-state index in [4.69, 9.17) is 0 Å². The van der Waals surface area contributed by atoms with Crippen molar-refractivity contribution >= 4 is 12.4 Å². The van der Waals surface area contributed by atoms with Gasteiger partial charge in [-0.15, -0.1) is 12.4 Å². The van der Waals surface area contributed by atoms with Crippen LogP contribution in [0, 0.1) is 0 Å². The first-order valence-corrected chi connectivity index (χ1v) is 8.87. The molecule has 0 aromatic heterocycles. The minimum Gasteiger partial charge on any atom is -0.314 e. The summed E-state index contributed by atoms with van der Waals surface area (Å²) < 4.78 is 78.9. The maximum atomic E-state index is 13.2. The quantitative estimate of drug-likeness (QED) is 0.473. The molecule has 1 heterocycles. The van der Waals surface area contributed by atoms with Crippen LogP contribution in [0.3, 0.4) is 0 Å². The van der Waals surface area contributed by atoms with E-state index in [9.17, 15) is 26.3 Å². The zero-order chi connectivity index (χ0) is 19.4. The number of nitrogens with zero attached hydrogens (tertiary/aromatic N) is 1. The molecular weight excluding hydrogens is 394 g/mol. The molecule has 1 aromatic carbocycles. The molecule has 0 bridgehead atoms. The van der Waals surface area contributed by atoms with E-state index in [0.29, 0.717) is 32.6 Å². The molecule has 0 saturated carbocycles. The molecule has 1 aliphatic heterocycles. The Morgan fingerprint density at radius 1 is 0.926 bits per heavy atom. The Kier molecular flexibility index (Phi) is 8.89. The summed E-state index contributed by atoms with van der Waals surface area (Å²) in [7, 11) is 0. The molecule has 0 unspecified atom stereocenters. The van der Waals surface area contributed by atoms with Crippen LogP contribution in [0.4, 0.5) is 26.3 Å². The molecular formula is C18H25ClF6N2. The van der Waals surface area contributed by atoms with Gasteiger partial charge in [0.1, 0.15) is 0 Å². The van der Waals surface area contributed by atoms with Crippen LogP contribution in [0.25, 0.3) is 0 Å². The van der Waals surface area contributed by atoms with Gasteiger partial charge in [0.2, 0.25) is 0 Å². The van der Waals surface area contributed by atoms with Gasteiger partial charge in [-0.1, -0.05) is 26.2 Å². The number of alkyl halides is 6. The smallest absolute Gasteiger partial charge is 0.314 e. The Labute approximate surface area is 161 Å². The molecule has 1 aromatic rings. The lowest BCUT2D eigenvalue weighted by molar-refractivity contribution is -0.143. The molecule has 0 aliphatic carbocycles. The third kappa shape index (κ3) is 6.84. The lowest BCUT2D eigenvalue weighted by Gasteiger charge is -2.36. The Morgan fingerprint density at radius 3 is 1.89 bits per heavy atom. The topological polar surface area (TPSA) is 15.3 Å². The van der Waals surface area contributed by atoms with Crippen LogP contribution >= 0.6 is 12.4 Å². The van der Waals surface area contributed by atoms with Crippen LogP contribution in [0.5, 0.6) is 0 Å². The van der Waals surface area contributed by atoms with E-state index in [-0.39, 0.29) is 24.0 Å². The first kappa shape index (κ1) is 24.0. The number of hydrogen-bond acceptors (Lipinski definition) is 2. The largest absolute Gasteiger partial charge is 0.416 e. The maximum absolute atomic E-state index is 13.2. The van der Waals surface area contributed by atoms with Crippen molar-refractivity contribution in [2.75, 3.05) is 26.2 Å². The van der Waals surface area contributed by atoms with E-state index in [0.717, 1.165) is 31.4 Å². The van der Waals surface area contributed by atoms with Crippen molar-refractivity contribution in [1.29, 1.82) is 0 Å². The molecule has 1 N–H and O–H groups in total. The zero-order valence-corrected chi connectivity index (χ0v) is 15.9. The third-order valence-corrected chi connectivity index (χ3v) is 4.67. The minimum atomic E-state index is -4.81. The number of nitrogens with one attached hydrogen (secondary N) is 1. The predicted octanol–water partition coefficient (Wildman–Crippen LogP) is 5.67. The Hall–Kier alpha value is -0.990. The first-order chi connectivity index (χ1) is 12.1. The van der Waals surface area contributed by atoms with E-state index >= 15 is 0 Å². The zero-order valence-electron chi connectivity index (χ0n) is 15.1. The Bertz CT molecular complexity index is 550. The van der Waals surface area contributed by atoms with Crippen LogP contribution in [0.15, 0.2) is 18.2 Å². The van der Waals surface area contributed by atoms with E-state index in [1.807, 2.05) is 11.8 Å². The van der Waals surface area contributed by atoms with Crippen LogP contribution < -0.4 is 5.32 Å². The van der Waals surface area contributed by atoms with Crippen molar-refractivity contribution < 1.29 is 26.3 Å². The minimum absolute atomic E-state index is 0. The molecule has 0 radical (unpaired) electrons. The van der Waals surface area contributed by atoms with E-state index in [1.54, 1.807) is 0 Å². The average Bonchev–Trinajstić information content (AvgIpc) is 2.57. The Balaban J connectivity index is 0.00000364. The average molecular weight is 419 g/mol. The SMILES string of the molecule is CCCCC[C@H](c1cc(C(F)(F)F)cc(C(F)(F)F)c1)N1CCNCC1.Cl. The van der Waals surface area contributed by atoms with Gasteiger partial charge in [-0.2, -0.15) is 26.3 Å². The molecule has 0 spiro atoms. The first-order valence-electron chi connectivity index (χ1n) is 8.87. The number of benzene rings is 1. The van der Waals surface area contributed by atoms with Crippen LogP contribution in [-0.2, 0) is 12.4 Å². The predicted molar refractivity (Wildman–Crippen MR) is 95.0 cm³/mol. The van der Waals surface area contributed by atoms with Gasteiger partial charge in [-0.25, -0.2) is 0 Å². The Morgan fingerprint density at radius 2 is 1.44 bits per heavy atom. The fourth-order valence-electron chi connectivity index (χ4n) is 3.31. The number of unbranched alkanes of at least 4 members (excludes halogenated alkanes) is 2. The summed E-state index contributed by atoms with van der Waals surface area (Å²) in [5.41, 5.74) is -2.37. The summed E-state index contributed by atoms with van der Waals surface area (Å²) in [6.07, 6.45) is -6.48. The fourth-order valence-corrected chi connectivity index (χ4v) is 3.31. The van der Waals surface area contributed by atoms with E-state index in [1.165, 1.54) is 0 Å². The molecule has 1 atom stereocenters. The summed E-state index contributed by atoms with van der Waals surface area (Å²) in [6.45, 7) is 4.57. The molecule has 0 amide bonds. The highest BCUT2D eigenvalue weighted by Gasteiger charge is 2.38. The summed E-state index contributed by atoms with van der Waals surface area (Å²) in [4.78, 5) is 1.99. The maximum Gasteiger partial charge on any atom is 0.416 e. The normalized spacial score (nSPS) is 17.4. The summed E-state index contributed by atoms with van der Waals surface area (Å²) in [6, 6.07) is 1.53. The third-order valence-electron chi connectivity index (χ3n) is 4.67. The molecule has 1 aliphatic rings. The van der Waals surface area contributed by atoms with Gasteiger partial charge >= 0.3 is 12.4 Å². The standard InChI is InChI=1S/C18H24F6N2.ClH/c1-2-3-4-5-16(26-8-6-25-7-9-26)13-10-14(17(19,20)21)12-15(11-13)18(22,23)24;/h10-12,16,25H,2-9H2,1H3;1H/t16-;/m1./s1. The van der Waals surface area contributed by atoms with Gasteiger partial charge in [-0.3, -0.25) is 4.90 Å². The van der Waals surface area contributed by atoms with Crippen LogP contribution in [-0.4, -0.2) is 31.1 Å². The molecule has 1 saturated heterocycles. The second kappa shape index (κ2) is 9.98. The second-order valence-electron chi connectivity index (χ2n) is 6.64. The number of piperazine rings is 1. The van der Waals surface area contributed by atoms with Crippen LogP contribution in [0.1, 0.15) is 55.3 Å².